The summed E-state index contributed by atoms with van der Waals surface area (Å²) in [5.41, 5.74) is 6.65. The van der Waals surface area contributed by atoms with E-state index in [1.807, 2.05) is 4.90 Å². The largest absolute Gasteiger partial charge is 0.342 e. The molecule has 2 rings (SSSR count). The first-order valence-corrected chi connectivity index (χ1v) is 7.86. The molecule has 1 aliphatic heterocycles. The van der Waals surface area contributed by atoms with E-state index in [1.165, 1.54) is 0 Å². The maximum absolute atomic E-state index is 12.0. The third-order valence-corrected chi connectivity index (χ3v) is 5.00. The van der Waals surface area contributed by atoms with Gasteiger partial charge in [0.05, 0.1) is 0 Å². The predicted octanol–water partition coefficient (Wildman–Crippen LogP) is 2.62. The number of nitrogens with zero attached hydrogens (tertiary/aromatic N) is 1. The third-order valence-electron chi connectivity index (χ3n) is 4.56. The average molecular weight is 287 g/mol. The van der Waals surface area contributed by atoms with Gasteiger partial charge in [0.25, 0.3) is 0 Å². The molecule has 110 valence electrons. The first kappa shape index (κ1) is 15.1. The summed E-state index contributed by atoms with van der Waals surface area (Å²) >= 11 is 5.89. The van der Waals surface area contributed by atoms with Crippen molar-refractivity contribution in [3.63, 3.8) is 0 Å². The van der Waals surface area contributed by atoms with Crippen molar-refractivity contribution >= 4 is 17.5 Å². The van der Waals surface area contributed by atoms with Gasteiger partial charge in [-0.2, -0.15) is 0 Å². The Morgan fingerprint density at radius 2 is 2.05 bits per heavy atom. The van der Waals surface area contributed by atoms with Crippen LogP contribution in [0, 0.1) is 16.7 Å². The van der Waals surface area contributed by atoms with Gasteiger partial charge in [0.1, 0.15) is 0 Å². The molecule has 2 aliphatic rings. The third kappa shape index (κ3) is 3.63. The molecule has 0 radical (unpaired) electrons. The highest BCUT2D eigenvalue weighted by atomic mass is 35.5. The van der Waals surface area contributed by atoms with Crippen LogP contribution in [0.4, 0.5) is 0 Å². The summed E-state index contributed by atoms with van der Waals surface area (Å²) in [6.07, 6.45) is 3.87. The van der Waals surface area contributed by atoms with Crippen molar-refractivity contribution in [2.24, 2.45) is 22.5 Å². The molecule has 0 aromatic heterocycles. The zero-order valence-electron chi connectivity index (χ0n) is 12.4. The monoisotopic (exact) mass is 286 g/mol. The molecule has 1 saturated heterocycles. The second-order valence-corrected chi connectivity index (χ2v) is 8.13. The Morgan fingerprint density at radius 1 is 1.37 bits per heavy atom. The van der Waals surface area contributed by atoms with Crippen LogP contribution in [0.5, 0.6) is 0 Å². The Bertz CT molecular complexity index is 358. The van der Waals surface area contributed by atoms with E-state index in [4.69, 9.17) is 17.3 Å². The molecule has 0 aromatic rings. The second-order valence-electron chi connectivity index (χ2n) is 7.82. The van der Waals surface area contributed by atoms with Gasteiger partial charge in [-0.3, -0.25) is 4.79 Å². The summed E-state index contributed by atoms with van der Waals surface area (Å²) in [4.78, 5) is 14.1. The van der Waals surface area contributed by atoms with Crippen LogP contribution < -0.4 is 5.73 Å². The summed E-state index contributed by atoms with van der Waals surface area (Å²) in [5.74, 6) is 1.19. The summed E-state index contributed by atoms with van der Waals surface area (Å²) < 4.78 is 0. The molecule has 4 heteroatoms. The van der Waals surface area contributed by atoms with Crippen LogP contribution >= 0.6 is 11.6 Å². The molecule has 1 aliphatic carbocycles. The molecular formula is C15H27ClN2O. The molecule has 1 amide bonds. The average Bonchev–Trinajstić information content (AvgIpc) is 2.55. The quantitative estimate of drug-likeness (QED) is 0.811. The van der Waals surface area contributed by atoms with E-state index in [0.717, 1.165) is 32.4 Å². The Hall–Kier alpha value is -0.280. The van der Waals surface area contributed by atoms with Crippen LogP contribution in [-0.2, 0) is 4.79 Å². The van der Waals surface area contributed by atoms with Crippen LogP contribution in [0.1, 0.15) is 46.5 Å². The van der Waals surface area contributed by atoms with Gasteiger partial charge >= 0.3 is 0 Å². The number of hydrogen-bond donors (Lipinski definition) is 1. The van der Waals surface area contributed by atoms with E-state index in [0.29, 0.717) is 18.2 Å². The van der Waals surface area contributed by atoms with Crippen molar-refractivity contribution < 1.29 is 4.79 Å². The van der Waals surface area contributed by atoms with E-state index in [-0.39, 0.29) is 22.8 Å². The fraction of sp³-hybridized carbons (Fsp3) is 0.933. The minimum atomic E-state index is 0.151. The number of carbonyl (C=O) groups excluding carboxylic acids is 1. The van der Waals surface area contributed by atoms with Gasteiger partial charge in [0, 0.05) is 31.4 Å². The normalized spacial score (nSPS) is 38.8. The van der Waals surface area contributed by atoms with Gasteiger partial charge in [-0.05, 0) is 36.0 Å². The van der Waals surface area contributed by atoms with Gasteiger partial charge in [0.2, 0.25) is 5.91 Å². The minimum absolute atomic E-state index is 0.151. The van der Waals surface area contributed by atoms with E-state index < -0.39 is 0 Å². The van der Waals surface area contributed by atoms with Crippen LogP contribution in [0.15, 0.2) is 0 Å². The predicted molar refractivity (Wildman–Crippen MR) is 79.1 cm³/mol. The molecular weight excluding hydrogens is 260 g/mol. The Morgan fingerprint density at radius 3 is 2.58 bits per heavy atom. The lowest BCUT2D eigenvalue weighted by Crippen LogP contribution is -2.48. The molecule has 3 atom stereocenters. The maximum atomic E-state index is 12.0. The molecule has 1 saturated carbocycles. The molecule has 19 heavy (non-hydrogen) atoms. The molecule has 1 heterocycles. The number of rotatable bonds is 3. The number of hydrogen-bond acceptors (Lipinski definition) is 2. The van der Waals surface area contributed by atoms with Crippen molar-refractivity contribution in [2.75, 3.05) is 19.0 Å². The van der Waals surface area contributed by atoms with Crippen LogP contribution in [0.25, 0.3) is 0 Å². The van der Waals surface area contributed by atoms with Crippen LogP contribution in [-0.4, -0.2) is 35.8 Å². The van der Waals surface area contributed by atoms with Crippen molar-refractivity contribution in [1.82, 2.24) is 4.90 Å². The van der Waals surface area contributed by atoms with Gasteiger partial charge in [-0.15, -0.1) is 11.6 Å². The van der Waals surface area contributed by atoms with Gasteiger partial charge < -0.3 is 10.6 Å². The summed E-state index contributed by atoms with van der Waals surface area (Å²) in [6.45, 7) is 8.54. The number of carbonyl (C=O) groups is 1. The SMILES string of the molecule is CC1(C)CC(N)CC(C)(CN2CC(CCl)CC2=O)C1. The standard InChI is InChI=1S/C15H27ClN2O/c1-14(2)5-12(17)6-15(3,9-14)10-18-8-11(7-16)4-13(18)19/h11-12H,4-10,17H2,1-3H3. The highest BCUT2D eigenvalue weighted by Crippen LogP contribution is 2.46. The number of likely N-dealkylation sites (tertiary alicyclic amines) is 1. The Labute approximate surface area is 121 Å². The second kappa shape index (κ2) is 5.25. The fourth-order valence-corrected chi connectivity index (χ4v) is 4.61. The number of amides is 1. The zero-order chi connectivity index (χ0) is 14.3. The molecule has 3 nitrogen and oxygen atoms in total. The molecule has 0 aromatic carbocycles. The van der Waals surface area contributed by atoms with Gasteiger partial charge in [-0.1, -0.05) is 20.8 Å². The van der Waals surface area contributed by atoms with Crippen LogP contribution in [0.2, 0.25) is 0 Å². The maximum Gasteiger partial charge on any atom is 0.222 e. The fourth-order valence-electron chi connectivity index (χ4n) is 4.41. The lowest BCUT2D eigenvalue weighted by atomic mass is 9.62. The molecule has 2 N–H and O–H groups in total. The van der Waals surface area contributed by atoms with Crippen molar-refractivity contribution in [3.8, 4) is 0 Å². The van der Waals surface area contributed by atoms with E-state index in [9.17, 15) is 4.79 Å². The minimum Gasteiger partial charge on any atom is -0.342 e. The molecule has 0 bridgehead atoms. The first-order chi connectivity index (χ1) is 8.73. The van der Waals surface area contributed by atoms with Crippen molar-refractivity contribution in [3.05, 3.63) is 0 Å². The number of halogens is 1. The van der Waals surface area contributed by atoms with Crippen LogP contribution in [0.3, 0.4) is 0 Å². The lowest BCUT2D eigenvalue weighted by Gasteiger charge is -2.47. The van der Waals surface area contributed by atoms with E-state index in [2.05, 4.69) is 20.8 Å². The molecule has 2 fully saturated rings. The highest BCUT2D eigenvalue weighted by Gasteiger charge is 2.43. The Kier molecular flexibility index (Phi) is 4.18. The molecule has 3 unspecified atom stereocenters. The topological polar surface area (TPSA) is 46.3 Å². The zero-order valence-corrected chi connectivity index (χ0v) is 13.2. The number of nitrogens with two attached hydrogens (primary N) is 1. The Balaban J connectivity index is 2.03. The lowest BCUT2D eigenvalue weighted by molar-refractivity contribution is -0.129. The van der Waals surface area contributed by atoms with E-state index >= 15 is 0 Å². The first-order valence-electron chi connectivity index (χ1n) is 7.32. The van der Waals surface area contributed by atoms with E-state index in [1.54, 1.807) is 0 Å². The summed E-state index contributed by atoms with van der Waals surface area (Å²) in [6, 6.07) is 0.260. The van der Waals surface area contributed by atoms with Crippen molar-refractivity contribution in [2.45, 2.75) is 52.5 Å². The van der Waals surface area contributed by atoms with Gasteiger partial charge in [-0.25, -0.2) is 0 Å². The summed E-state index contributed by atoms with van der Waals surface area (Å²) in [5, 5.41) is 0. The van der Waals surface area contributed by atoms with Gasteiger partial charge in [0.15, 0.2) is 0 Å². The summed E-state index contributed by atoms with van der Waals surface area (Å²) in [7, 11) is 0. The highest BCUT2D eigenvalue weighted by molar-refractivity contribution is 6.18. The molecule has 0 spiro atoms. The smallest absolute Gasteiger partial charge is 0.222 e. The van der Waals surface area contributed by atoms with Crippen molar-refractivity contribution in [1.29, 1.82) is 0 Å². The number of alkyl halides is 1.